The van der Waals surface area contributed by atoms with Crippen LogP contribution in [0.5, 0.6) is 0 Å². The van der Waals surface area contributed by atoms with Crippen molar-refractivity contribution in [3.05, 3.63) is 92.7 Å². The number of azide groups is 2. The Morgan fingerprint density at radius 2 is 1.14 bits per heavy atom. The van der Waals surface area contributed by atoms with E-state index in [9.17, 15) is 20.2 Å². The van der Waals surface area contributed by atoms with Crippen LogP contribution in [0.15, 0.2) is 70.9 Å². The lowest BCUT2D eigenvalue weighted by Gasteiger charge is -2.46. The highest BCUT2D eigenvalue weighted by atomic mass is 31.2. The first-order valence-electron chi connectivity index (χ1n) is 16.1. The van der Waals surface area contributed by atoms with Crippen molar-refractivity contribution in [1.82, 2.24) is 0 Å². The van der Waals surface area contributed by atoms with Crippen LogP contribution in [-0.4, -0.2) is 76.2 Å². The van der Waals surface area contributed by atoms with E-state index >= 15 is 0 Å². The molecule has 0 saturated carbocycles. The molecule has 2 aromatic rings. The summed E-state index contributed by atoms with van der Waals surface area (Å²) in [6.07, 6.45) is -4.74. The van der Waals surface area contributed by atoms with Gasteiger partial charge in [-0.25, -0.2) is 0 Å². The number of hydrogen-bond acceptors (Lipinski definition) is 11. The SMILES string of the molecule is C[C@@H]1C(COCc2ccccc2)O[C@H](OP(C)(=O)O[C@@H]2C(COCc3ccccc3)O[C@H](OP(C)(C)=O)C(N=[N+]=[N-])[C@H]2C)C(N=[N+]=[N-])[C@H]1C. The highest BCUT2D eigenvalue weighted by molar-refractivity contribution is 7.57. The number of rotatable bonds is 16. The van der Waals surface area contributed by atoms with E-state index < -0.39 is 63.9 Å². The summed E-state index contributed by atoms with van der Waals surface area (Å²) < 4.78 is 69.2. The van der Waals surface area contributed by atoms with E-state index in [-0.39, 0.29) is 31.7 Å². The van der Waals surface area contributed by atoms with Crippen molar-refractivity contribution < 1.29 is 41.6 Å². The third kappa shape index (κ3) is 11.4. The molecule has 5 unspecified atom stereocenters. The third-order valence-corrected chi connectivity index (χ3v) is 10.6. The Kier molecular flexibility index (Phi) is 14.3. The van der Waals surface area contributed by atoms with Gasteiger partial charge in [-0.05, 0) is 39.9 Å². The summed E-state index contributed by atoms with van der Waals surface area (Å²) in [5.41, 5.74) is 20.7. The predicted octanol–water partition coefficient (Wildman–Crippen LogP) is 7.91. The molecule has 4 rings (SSSR count). The van der Waals surface area contributed by atoms with Gasteiger partial charge >= 0.3 is 7.60 Å². The fourth-order valence-corrected chi connectivity index (χ4v) is 7.95. The summed E-state index contributed by atoms with van der Waals surface area (Å²) in [7, 11) is -7.12. The van der Waals surface area contributed by atoms with Crippen molar-refractivity contribution in [2.24, 2.45) is 28.0 Å². The van der Waals surface area contributed by atoms with Gasteiger partial charge in [-0.3, -0.25) is 18.2 Å². The second-order valence-electron chi connectivity index (χ2n) is 12.9. The van der Waals surface area contributed by atoms with E-state index in [0.29, 0.717) is 6.61 Å². The molecule has 0 amide bonds. The quantitative estimate of drug-likeness (QED) is 0.0716. The monoisotopic (exact) mass is 720 g/mol. The van der Waals surface area contributed by atoms with E-state index in [0.717, 1.165) is 11.1 Å². The van der Waals surface area contributed by atoms with Crippen LogP contribution in [0.2, 0.25) is 0 Å². The number of nitrogens with zero attached hydrogens (tertiary/aromatic N) is 6. The first-order chi connectivity index (χ1) is 23.3. The first kappa shape index (κ1) is 39.0. The zero-order valence-electron chi connectivity index (χ0n) is 28.6. The molecule has 0 N–H and O–H groups in total. The number of benzene rings is 2. The van der Waals surface area contributed by atoms with Crippen molar-refractivity contribution in [2.45, 2.75) is 77.0 Å². The van der Waals surface area contributed by atoms with Crippen LogP contribution >= 0.6 is 15.0 Å². The van der Waals surface area contributed by atoms with E-state index in [1.165, 1.54) is 20.0 Å². The molecule has 0 aliphatic carbocycles. The van der Waals surface area contributed by atoms with E-state index in [1.807, 2.05) is 74.5 Å². The third-order valence-electron chi connectivity index (χ3n) is 8.68. The Morgan fingerprint density at radius 3 is 1.65 bits per heavy atom. The lowest BCUT2D eigenvalue weighted by Crippen LogP contribution is -2.55. The maximum Gasteiger partial charge on any atom is 0.330 e. The summed E-state index contributed by atoms with van der Waals surface area (Å²) in [5.74, 6) is -0.959. The molecule has 2 aliphatic rings. The maximum atomic E-state index is 14.2. The summed E-state index contributed by atoms with van der Waals surface area (Å²) in [5, 5.41) is 7.81. The van der Waals surface area contributed by atoms with Gasteiger partial charge < -0.3 is 23.5 Å². The zero-order chi connectivity index (χ0) is 35.6. The van der Waals surface area contributed by atoms with Crippen LogP contribution in [0.4, 0.5) is 0 Å². The topological polar surface area (TPSA) is 196 Å². The highest BCUT2D eigenvalue weighted by Crippen LogP contribution is 2.53. The average Bonchev–Trinajstić information content (AvgIpc) is 3.05. The Bertz CT molecular complexity index is 1540. The van der Waals surface area contributed by atoms with Gasteiger partial charge in [0.05, 0.1) is 50.7 Å². The molecule has 2 heterocycles. The largest absolute Gasteiger partial charge is 0.374 e. The molecule has 49 heavy (non-hydrogen) atoms. The Hall–Kier alpha value is -2.76. The van der Waals surface area contributed by atoms with Gasteiger partial charge in [0.25, 0.3) is 0 Å². The molecule has 2 aliphatic heterocycles. The van der Waals surface area contributed by atoms with Crippen LogP contribution in [0.1, 0.15) is 31.9 Å². The Morgan fingerprint density at radius 1 is 0.673 bits per heavy atom. The summed E-state index contributed by atoms with van der Waals surface area (Å²) >= 11 is 0. The van der Waals surface area contributed by atoms with Gasteiger partial charge in [0.2, 0.25) is 0 Å². The highest BCUT2D eigenvalue weighted by Gasteiger charge is 2.50. The molecule has 0 aromatic heterocycles. The normalized spacial score (nSPS) is 31.6. The number of hydrogen-bond donors (Lipinski definition) is 0. The van der Waals surface area contributed by atoms with Crippen molar-refractivity contribution >= 4 is 15.0 Å². The van der Waals surface area contributed by atoms with E-state index in [2.05, 4.69) is 20.1 Å². The molecule has 2 saturated heterocycles. The van der Waals surface area contributed by atoms with Gasteiger partial charge in [0.15, 0.2) is 19.9 Å². The number of ether oxygens (including phenoxy) is 4. The summed E-state index contributed by atoms with van der Waals surface area (Å²) in [6.45, 7) is 10.6. The molecule has 2 fully saturated rings. The minimum atomic E-state index is -4.02. The van der Waals surface area contributed by atoms with Crippen molar-refractivity contribution in [1.29, 1.82) is 0 Å². The zero-order valence-corrected chi connectivity index (χ0v) is 30.4. The molecule has 15 nitrogen and oxygen atoms in total. The molecular weight excluding hydrogens is 674 g/mol. The smallest absolute Gasteiger partial charge is 0.330 e. The standard InChI is InChI=1S/C32H46N6O9P2/c1-21-22(2)28(35-37-33)32(43-26(21)19-41-17-24-13-9-7-10-14-24)47-49(6,40)45-30-23(3)29(36-38-34)31(46-48(4,5)39)44-27(30)20-42-18-25-15-11-8-12-16-25/h7-16,21-23,26-32H,17-20H2,1-6H3/t21-,22-,23+,26?,27?,28?,29?,30-,31+,32+,49?/m0/s1. The predicted molar refractivity (Wildman–Crippen MR) is 183 cm³/mol. The van der Waals surface area contributed by atoms with Crippen molar-refractivity contribution in [3.8, 4) is 0 Å². The lowest BCUT2D eigenvalue weighted by molar-refractivity contribution is -0.230. The molecule has 268 valence electrons. The maximum absolute atomic E-state index is 14.2. The van der Waals surface area contributed by atoms with Crippen LogP contribution in [0, 0.1) is 17.8 Å². The summed E-state index contributed by atoms with van der Waals surface area (Å²) in [6, 6.07) is 17.4. The van der Waals surface area contributed by atoms with E-state index in [1.54, 1.807) is 6.92 Å². The van der Waals surface area contributed by atoms with Gasteiger partial charge in [0, 0.05) is 29.8 Å². The molecule has 17 heteroatoms. The fraction of sp³-hybridized carbons (Fsp3) is 0.625. The average molecular weight is 721 g/mol. The lowest BCUT2D eigenvalue weighted by atomic mass is 9.82. The molecule has 0 spiro atoms. The van der Waals surface area contributed by atoms with Crippen molar-refractivity contribution in [3.63, 3.8) is 0 Å². The fourth-order valence-electron chi connectivity index (χ4n) is 5.91. The molecular formula is C32H46N6O9P2. The first-order valence-corrected chi connectivity index (χ1v) is 20.6. The van der Waals surface area contributed by atoms with Gasteiger partial charge in [-0.15, -0.1) is 0 Å². The molecule has 2 aromatic carbocycles. The molecule has 0 bridgehead atoms. The molecule has 11 atom stereocenters. The van der Waals surface area contributed by atoms with Gasteiger partial charge in [-0.1, -0.05) is 91.7 Å². The van der Waals surface area contributed by atoms with Crippen LogP contribution < -0.4 is 0 Å². The molecule has 0 radical (unpaired) electrons. The van der Waals surface area contributed by atoms with E-state index in [4.69, 9.17) is 32.5 Å². The minimum absolute atomic E-state index is 0.0267. The van der Waals surface area contributed by atoms with Crippen LogP contribution in [0.3, 0.4) is 0 Å². The van der Waals surface area contributed by atoms with Crippen LogP contribution in [-0.2, 0) is 54.9 Å². The van der Waals surface area contributed by atoms with Crippen LogP contribution in [0.25, 0.3) is 20.9 Å². The van der Waals surface area contributed by atoms with Gasteiger partial charge in [-0.2, -0.15) is 0 Å². The Labute approximate surface area is 287 Å². The minimum Gasteiger partial charge on any atom is -0.374 e. The second kappa shape index (κ2) is 17.9. The van der Waals surface area contributed by atoms with Crippen molar-refractivity contribution in [2.75, 3.05) is 33.2 Å². The van der Waals surface area contributed by atoms with Gasteiger partial charge in [0.1, 0.15) is 6.10 Å². The summed E-state index contributed by atoms with van der Waals surface area (Å²) in [4.78, 5) is 5.95. The Balaban J connectivity index is 1.53. The second-order valence-corrected chi connectivity index (χ2v) is 17.5.